The monoisotopic (exact) mass is 336 g/mol. The third-order valence-corrected chi connectivity index (χ3v) is 2.93. The highest BCUT2D eigenvalue weighted by Crippen LogP contribution is 2.12. The Morgan fingerprint density at radius 2 is 2.19 bits per heavy atom. The standard InChI is InChI=1S/C11H17IN2O2/c1-13(2)5-3-4-6-14-8-9(12)7-10(14)11(15)16/h7-8H,3-6H2,1-2H3,(H,15,16). The van der Waals surface area contributed by atoms with Crippen molar-refractivity contribution in [1.29, 1.82) is 0 Å². The van der Waals surface area contributed by atoms with E-state index in [1.165, 1.54) is 0 Å². The maximum absolute atomic E-state index is 10.9. The van der Waals surface area contributed by atoms with Crippen LogP contribution >= 0.6 is 22.6 Å². The number of unbranched alkanes of at least 4 members (excludes halogenated alkanes) is 1. The van der Waals surface area contributed by atoms with Crippen molar-refractivity contribution in [2.75, 3.05) is 20.6 Å². The summed E-state index contributed by atoms with van der Waals surface area (Å²) in [5.41, 5.74) is 0.384. The quantitative estimate of drug-likeness (QED) is 0.639. The number of rotatable bonds is 6. The van der Waals surface area contributed by atoms with Gasteiger partial charge in [0.25, 0.3) is 0 Å². The average Bonchev–Trinajstić information content (AvgIpc) is 2.54. The number of nitrogens with zero attached hydrogens (tertiary/aromatic N) is 2. The predicted octanol–water partition coefficient (Wildman–Crippen LogP) is 2.13. The van der Waals surface area contributed by atoms with Gasteiger partial charge in [-0.3, -0.25) is 0 Å². The molecule has 0 unspecified atom stereocenters. The van der Waals surface area contributed by atoms with Crippen LogP contribution < -0.4 is 0 Å². The molecule has 1 aromatic heterocycles. The van der Waals surface area contributed by atoms with Gasteiger partial charge in [0.2, 0.25) is 0 Å². The van der Waals surface area contributed by atoms with Gasteiger partial charge in [-0.05, 0) is 62.1 Å². The van der Waals surface area contributed by atoms with Crippen LogP contribution in [0.3, 0.4) is 0 Å². The first kappa shape index (κ1) is 13.5. The van der Waals surface area contributed by atoms with E-state index in [1.807, 2.05) is 24.9 Å². The van der Waals surface area contributed by atoms with E-state index in [4.69, 9.17) is 5.11 Å². The van der Waals surface area contributed by atoms with Crippen LogP contribution in [0.25, 0.3) is 0 Å². The van der Waals surface area contributed by atoms with Crippen LogP contribution in [0.1, 0.15) is 23.3 Å². The third-order valence-electron chi connectivity index (χ3n) is 2.34. The van der Waals surface area contributed by atoms with Crippen molar-refractivity contribution in [3.8, 4) is 0 Å². The van der Waals surface area contributed by atoms with Gasteiger partial charge in [-0.1, -0.05) is 0 Å². The van der Waals surface area contributed by atoms with Gasteiger partial charge in [0.05, 0.1) is 0 Å². The zero-order valence-electron chi connectivity index (χ0n) is 9.61. The number of carboxylic acids is 1. The van der Waals surface area contributed by atoms with Crippen LogP contribution in [-0.4, -0.2) is 41.2 Å². The summed E-state index contributed by atoms with van der Waals surface area (Å²) >= 11 is 2.14. The molecule has 0 amide bonds. The molecule has 1 N–H and O–H groups in total. The summed E-state index contributed by atoms with van der Waals surface area (Å²) in [4.78, 5) is 13.1. The molecule has 4 nitrogen and oxygen atoms in total. The average molecular weight is 336 g/mol. The van der Waals surface area contributed by atoms with Crippen LogP contribution in [0, 0.1) is 3.57 Å². The predicted molar refractivity (Wildman–Crippen MR) is 71.9 cm³/mol. The van der Waals surface area contributed by atoms with Crippen LogP contribution in [0.2, 0.25) is 0 Å². The normalized spacial score (nSPS) is 11.0. The van der Waals surface area contributed by atoms with Crippen molar-refractivity contribution in [1.82, 2.24) is 9.47 Å². The lowest BCUT2D eigenvalue weighted by molar-refractivity contribution is 0.0685. The van der Waals surface area contributed by atoms with E-state index in [9.17, 15) is 4.79 Å². The molecule has 0 saturated heterocycles. The Bertz CT molecular complexity index is 361. The number of aryl methyl sites for hydroxylation is 1. The van der Waals surface area contributed by atoms with Crippen molar-refractivity contribution in [2.24, 2.45) is 0 Å². The Hall–Kier alpha value is -0.560. The molecule has 0 aliphatic rings. The molecule has 0 saturated carbocycles. The van der Waals surface area contributed by atoms with E-state index in [0.29, 0.717) is 5.69 Å². The molecule has 1 rings (SSSR count). The van der Waals surface area contributed by atoms with E-state index in [-0.39, 0.29) is 0 Å². The minimum absolute atomic E-state index is 0.384. The highest BCUT2D eigenvalue weighted by atomic mass is 127. The molecule has 1 heterocycles. The van der Waals surface area contributed by atoms with E-state index in [1.54, 1.807) is 6.07 Å². The lowest BCUT2D eigenvalue weighted by Crippen LogP contribution is -2.14. The van der Waals surface area contributed by atoms with Crippen LogP contribution in [0.4, 0.5) is 0 Å². The molecule has 0 aromatic carbocycles. The maximum atomic E-state index is 10.9. The van der Waals surface area contributed by atoms with Crippen molar-refractivity contribution in [2.45, 2.75) is 19.4 Å². The second-order valence-corrected chi connectivity index (χ2v) is 5.30. The molecule has 16 heavy (non-hydrogen) atoms. The molecule has 0 aliphatic carbocycles. The fourth-order valence-corrected chi connectivity index (χ4v) is 2.18. The summed E-state index contributed by atoms with van der Waals surface area (Å²) in [6.45, 7) is 1.82. The lowest BCUT2D eigenvalue weighted by Gasteiger charge is -2.10. The third kappa shape index (κ3) is 4.13. The minimum atomic E-state index is -0.851. The molecular formula is C11H17IN2O2. The first-order chi connectivity index (χ1) is 7.50. The highest BCUT2D eigenvalue weighted by Gasteiger charge is 2.10. The van der Waals surface area contributed by atoms with Gasteiger partial charge in [-0.15, -0.1) is 0 Å². The Morgan fingerprint density at radius 1 is 1.50 bits per heavy atom. The maximum Gasteiger partial charge on any atom is 0.352 e. The largest absolute Gasteiger partial charge is 0.477 e. The fourth-order valence-electron chi connectivity index (χ4n) is 1.55. The first-order valence-electron chi connectivity index (χ1n) is 5.24. The van der Waals surface area contributed by atoms with E-state index in [0.717, 1.165) is 29.5 Å². The number of hydrogen-bond acceptors (Lipinski definition) is 2. The molecule has 0 aliphatic heterocycles. The van der Waals surface area contributed by atoms with Crippen molar-refractivity contribution >= 4 is 28.6 Å². The van der Waals surface area contributed by atoms with Gasteiger partial charge in [0.1, 0.15) is 5.69 Å². The van der Waals surface area contributed by atoms with Gasteiger partial charge >= 0.3 is 5.97 Å². The molecule has 90 valence electrons. The van der Waals surface area contributed by atoms with Gasteiger partial charge in [-0.2, -0.15) is 0 Å². The molecule has 1 aromatic rings. The fraction of sp³-hybridized carbons (Fsp3) is 0.545. The topological polar surface area (TPSA) is 45.5 Å². The van der Waals surface area contributed by atoms with E-state index < -0.39 is 5.97 Å². The van der Waals surface area contributed by atoms with Crippen molar-refractivity contribution < 1.29 is 9.90 Å². The highest BCUT2D eigenvalue weighted by molar-refractivity contribution is 14.1. The van der Waals surface area contributed by atoms with Gasteiger partial charge in [0.15, 0.2) is 0 Å². The Morgan fingerprint density at radius 3 is 2.75 bits per heavy atom. The van der Waals surface area contributed by atoms with Gasteiger partial charge in [0, 0.05) is 16.3 Å². The van der Waals surface area contributed by atoms with E-state index in [2.05, 4.69) is 27.5 Å². The number of carbonyl (C=O) groups is 1. The summed E-state index contributed by atoms with van der Waals surface area (Å²) < 4.78 is 2.79. The van der Waals surface area contributed by atoms with Crippen LogP contribution in [0.15, 0.2) is 12.3 Å². The number of aromatic carboxylic acids is 1. The van der Waals surface area contributed by atoms with Crippen LogP contribution in [0.5, 0.6) is 0 Å². The minimum Gasteiger partial charge on any atom is -0.477 e. The number of hydrogen-bond donors (Lipinski definition) is 1. The molecule has 5 heteroatoms. The Balaban J connectivity index is 2.50. The molecular weight excluding hydrogens is 319 g/mol. The number of aromatic nitrogens is 1. The summed E-state index contributed by atoms with van der Waals surface area (Å²) in [5.74, 6) is -0.851. The number of halogens is 1. The van der Waals surface area contributed by atoms with Crippen molar-refractivity contribution in [3.63, 3.8) is 0 Å². The second kappa shape index (κ2) is 6.24. The van der Waals surface area contributed by atoms with Crippen molar-refractivity contribution in [3.05, 3.63) is 21.5 Å². The summed E-state index contributed by atoms with van der Waals surface area (Å²) in [5, 5.41) is 8.99. The van der Waals surface area contributed by atoms with Gasteiger partial charge in [-0.25, -0.2) is 4.79 Å². The summed E-state index contributed by atoms with van der Waals surface area (Å²) in [7, 11) is 4.09. The molecule has 0 spiro atoms. The summed E-state index contributed by atoms with van der Waals surface area (Å²) in [6.07, 6.45) is 3.98. The molecule has 0 radical (unpaired) electrons. The zero-order valence-corrected chi connectivity index (χ0v) is 11.8. The molecule has 0 bridgehead atoms. The van der Waals surface area contributed by atoms with E-state index >= 15 is 0 Å². The van der Waals surface area contributed by atoms with Gasteiger partial charge < -0.3 is 14.6 Å². The Labute approximate surface area is 109 Å². The zero-order chi connectivity index (χ0) is 12.1. The van der Waals surface area contributed by atoms with Crippen LogP contribution in [-0.2, 0) is 6.54 Å². The second-order valence-electron chi connectivity index (χ2n) is 4.05. The number of carboxylic acid groups (broad SMARTS) is 1. The SMILES string of the molecule is CN(C)CCCCn1cc(I)cc1C(=O)O. The summed E-state index contributed by atoms with van der Waals surface area (Å²) in [6, 6.07) is 1.70. The Kier molecular flexibility index (Phi) is 5.27. The molecule has 0 atom stereocenters. The first-order valence-corrected chi connectivity index (χ1v) is 6.32. The lowest BCUT2D eigenvalue weighted by atomic mass is 10.3. The smallest absolute Gasteiger partial charge is 0.352 e. The molecule has 0 fully saturated rings.